The SMILES string of the molecule is C.C.C=C(/C=C(\C=C(/C)c1ccccc1)c1cccc(C(/C=C(\C)c2ccccc2)=C/C(=C)c2ccccc2)c1)c1ccccc1.CC.CC.CCC. The molecular formula is C53H66. The first kappa shape index (κ1) is 47.5. The van der Waals surface area contributed by atoms with Gasteiger partial charge in [0.15, 0.2) is 0 Å². The van der Waals surface area contributed by atoms with E-state index in [1.807, 2.05) is 39.8 Å². The normalized spacial score (nSPS) is 11.0. The van der Waals surface area contributed by atoms with E-state index in [1.165, 1.54) is 28.7 Å². The third-order valence-electron chi connectivity index (χ3n) is 7.68. The molecule has 0 fully saturated rings. The minimum Gasteiger partial charge on any atom is -0.0911 e. The molecular weight excluding hydrogens is 637 g/mol. The summed E-state index contributed by atoms with van der Waals surface area (Å²) >= 11 is 0. The lowest BCUT2D eigenvalue weighted by atomic mass is 9.92. The van der Waals surface area contributed by atoms with Crippen LogP contribution in [0, 0.1) is 0 Å². The van der Waals surface area contributed by atoms with Crippen LogP contribution in [-0.4, -0.2) is 0 Å². The molecule has 0 saturated heterocycles. The Labute approximate surface area is 325 Å². The maximum absolute atomic E-state index is 4.44. The molecule has 0 bridgehead atoms. The van der Waals surface area contributed by atoms with E-state index >= 15 is 0 Å². The van der Waals surface area contributed by atoms with Crippen molar-refractivity contribution in [2.45, 2.75) is 76.7 Å². The second-order valence-corrected chi connectivity index (χ2v) is 11.7. The smallest absolute Gasteiger partial charge is 0.0175 e. The van der Waals surface area contributed by atoms with Crippen molar-refractivity contribution >= 4 is 33.4 Å². The summed E-state index contributed by atoms with van der Waals surface area (Å²) in [6, 6.07) is 50.5. The van der Waals surface area contributed by atoms with Crippen LogP contribution in [0.5, 0.6) is 0 Å². The summed E-state index contributed by atoms with van der Waals surface area (Å²) in [6.45, 7) is 25.5. The van der Waals surface area contributed by atoms with Gasteiger partial charge < -0.3 is 0 Å². The summed E-state index contributed by atoms with van der Waals surface area (Å²) < 4.78 is 0. The first-order valence-corrected chi connectivity index (χ1v) is 18.4. The monoisotopic (exact) mass is 703 g/mol. The molecule has 0 spiro atoms. The van der Waals surface area contributed by atoms with Gasteiger partial charge in [-0.05, 0) is 98.9 Å². The van der Waals surface area contributed by atoms with Crippen molar-refractivity contribution in [3.63, 3.8) is 0 Å². The maximum Gasteiger partial charge on any atom is -0.0175 e. The quantitative estimate of drug-likeness (QED) is 0.127. The fourth-order valence-electron chi connectivity index (χ4n) is 5.18. The van der Waals surface area contributed by atoms with Crippen LogP contribution in [-0.2, 0) is 0 Å². The fourth-order valence-corrected chi connectivity index (χ4v) is 5.18. The van der Waals surface area contributed by atoms with Crippen LogP contribution in [0.15, 0.2) is 183 Å². The topological polar surface area (TPSA) is 0 Å². The summed E-state index contributed by atoms with van der Waals surface area (Å²) in [5.41, 5.74) is 13.4. The van der Waals surface area contributed by atoms with E-state index < -0.39 is 0 Å². The maximum atomic E-state index is 4.44. The van der Waals surface area contributed by atoms with Crippen LogP contribution in [0.2, 0.25) is 0 Å². The zero-order valence-corrected chi connectivity index (χ0v) is 32.3. The fraction of sp³-hybridized carbons (Fsp3) is 0.208. The van der Waals surface area contributed by atoms with Crippen LogP contribution >= 0.6 is 0 Å². The summed E-state index contributed by atoms with van der Waals surface area (Å²) in [7, 11) is 0. The second-order valence-electron chi connectivity index (χ2n) is 11.7. The first-order valence-electron chi connectivity index (χ1n) is 18.4. The zero-order valence-electron chi connectivity index (χ0n) is 32.3. The zero-order chi connectivity index (χ0) is 37.4. The summed E-state index contributed by atoms with van der Waals surface area (Å²) in [5.74, 6) is 0. The molecule has 0 nitrogen and oxygen atoms in total. The van der Waals surface area contributed by atoms with E-state index in [2.05, 4.69) is 199 Å². The van der Waals surface area contributed by atoms with Crippen molar-refractivity contribution in [2.24, 2.45) is 0 Å². The van der Waals surface area contributed by atoms with Crippen molar-refractivity contribution in [3.05, 3.63) is 216 Å². The van der Waals surface area contributed by atoms with Gasteiger partial charge in [-0.25, -0.2) is 0 Å². The summed E-state index contributed by atoms with van der Waals surface area (Å²) in [5, 5.41) is 0. The van der Waals surface area contributed by atoms with Gasteiger partial charge >= 0.3 is 0 Å². The number of benzene rings is 5. The minimum atomic E-state index is 0. The van der Waals surface area contributed by atoms with E-state index in [0.717, 1.165) is 44.5 Å². The predicted octanol–water partition coefficient (Wildman–Crippen LogP) is 16.8. The molecule has 0 N–H and O–H groups in total. The Bertz CT molecular complexity index is 1730. The summed E-state index contributed by atoms with van der Waals surface area (Å²) in [4.78, 5) is 0. The van der Waals surface area contributed by atoms with Gasteiger partial charge in [0.1, 0.15) is 0 Å². The average Bonchev–Trinajstić information content (AvgIpc) is 3.20. The van der Waals surface area contributed by atoms with Crippen molar-refractivity contribution < 1.29 is 0 Å². The van der Waals surface area contributed by atoms with Crippen LogP contribution in [0.4, 0.5) is 0 Å². The van der Waals surface area contributed by atoms with Gasteiger partial charge in [-0.3, -0.25) is 0 Å². The van der Waals surface area contributed by atoms with Crippen molar-refractivity contribution in [3.8, 4) is 0 Å². The van der Waals surface area contributed by atoms with Crippen molar-refractivity contribution in [1.29, 1.82) is 0 Å². The van der Waals surface area contributed by atoms with Gasteiger partial charge in [0.25, 0.3) is 0 Å². The molecule has 0 amide bonds. The van der Waals surface area contributed by atoms with Crippen molar-refractivity contribution in [1.82, 2.24) is 0 Å². The number of hydrogen-bond acceptors (Lipinski definition) is 0. The Hall–Kier alpha value is -5.46. The Morgan fingerprint density at radius 1 is 0.396 bits per heavy atom. The molecule has 0 unspecified atom stereocenters. The molecule has 5 aromatic carbocycles. The Morgan fingerprint density at radius 2 is 0.642 bits per heavy atom. The molecule has 0 heterocycles. The van der Waals surface area contributed by atoms with Crippen LogP contribution < -0.4 is 0 Å². The first-order chi connectivity index (χ1) is 24.9. The van der Waals surface area contributed by atoms with Gasteiger partial charge in [0.2, 0.25) is 0 Å². The molecule has 5 rings (SSSR count). The van der Waals surface area contributed by atoms with E-state index in [0.29, 0.717) is 0 Å². The molecule has 278 valence electrons. The molecule has 0 saturated carbocycles. The largest absolute Gasteiger partial charge is 0.0911 e. The lowest BCUT2D eigenvalue weighted by Crippen LogP contribution is -1.91. The number of rotatable bonds is 10. The lowest BCUT2D eigenvalue weighted by Gasteiger charge is -2.13. The highest BCUT2D eigenvalue weighted by molar-refractivity contribution is 5.94. The second kappa shape index (κ2) is 27.2. The lowest BCUT2D eigenvalue weighted by molar-refractivity contribution is 1.09. The van der Waals surface area contributed by atoms with Crippen LogP contribution in [0.1, 0.15) is 110 Å². The molecule has 0 heteroatoms. The van der Waals surface area contributed by atoms with Gasteiger partial charge in [0, 0.05) is 0 Å². The van der Waals surface area contributed by atoms with Gasteiger partial charge in [-0.15, -0.1) is 0 Å². The number of allylic oxidation sites excluding steroid dienone is 10. The molecule has 0 aliphatic rings. The van der Waals surface area contributed by atoms with E-state index in [9.17, 15) is 0 Å². The average molecular weight is 703 g/mol. The molecule has 53 heavy (non-hydrogen) atoms. The Morgan fingerprint density at radius 3 is 0.925 bits per heavy atom. The third kappa shape index (κ3) is 15.8. The highest BCUT2D eigenvalue weighted by atomic mass is 14.1. The molecule has 0 radical (unpaired) electrons. The molecule has 0 aliphatic heterocycles. The van der Waals surface area contributed by atoms with Gasteiger partial charge in [0.05, 0.1) is 0 Å². The highest BCUT2D eigenvalue weighted by Crippen LogP contribution is 2.31. The van der Waals surface area contributed by atoms with Gasteiger partial charge in [-0.1, -0.05) is 228 Å². The van der Waals surface area contributed by atoms with Gasteiger partial charge in [-0.2, -0.15) is 0 Å². The Balaban J connectivity index is 0.00000281. The highest BCUT2D eigenvalue weighted by Gasteiger charge is 2.09. The summed E-state index contributed by atoms with van der Waals surface area (Å²) in [6.07, 6.45) is 10.2. The van der Waals surface area contributed by atoms with E-state index in [4.69, 9.17) is 0 Å². The number of hydrogen-bond donors (Lipinski definition) is 0. The standard InChI is InChI=1S/C44H38.C3H8.2C2H6.2CH4/c1-33(37-18-9-5-10-19-37)28-43(29-34(2)38-20-11-6-12-21-38)41-26-17-27-42(32-41)44(30-35(3)39-22-13-7-14-23-39)31-36(4)40-24-15-8-16-25-40;1-3-2;2*1-2;;/h5-32H,1,3H2,2,4H3;3H2,1-2H3;2*1-2H3;2*1H4/b34-29+,36-31+,43-28+,44-30+;;;;;. The van der Waals surface area contributed by atoms with Crippen molar-refractivity contribution in [2.75, 3.05) is 0 Å². The molecule has 0 aromatic heterocycles. The van der Waals surface area contributed by atoms with E-state index in [-0.39, 0.29) is 14.9 Å². The molecule has 5 aromatic rings. The van der Waals surface area contributed by atoms with Crippen LogP contribution in [0.25, 0.3) is 33.4 Å². The van der Waals surface area contributed by atoms with Crippen LogP contribution in [0.3, 0.4) is 0 Å². The third-order valence-corrected chi connectivity index (χ3v) is 7.68. The predicted molar refractivity (Wildman–Crippen MR) is 246 cm³/mol. The Kier molecular flexibility index (Phi) is 24.4. The molecule has 0 aliphatic carbocycles. The minimum absolute atomic E-state index is 0. The van der Waals surface area contributed by atoms with E-state index in [1.54, 1.807) is 0 Å². The molecule has 0 atom stereocenters.